The van der Waals surface area contributed by atoms with Crippen LogP contribution in [0.5, 0.6) is 0 Å². The first kappa shape index (κ1) is 17.0. The Hall–Kier alpha value is -1.86. The van der Waals surface area contributed by atoms with Crippen molar-refractivity contribution < 1.29 is 4.39 Å². The van der Waals surface area contributed by atoms with Crippen molar-refractivity contribution in [2.45, 2.75) is 38.8 Å². The molecule has 124 valence electrons. The first-order chi connectivity index (χ1) is 11.5. The van der Waals surface area contributed by atoms with Gasteiger partial charge in [0.05, 0.1) is 0 Å². The first-order valence-corrected chi connectivity index (χ1v) is 8.84. The first-order valence-electron chi connectivity index (χ1n) is 8.47. The van der Waals surface area contributed by atoms with Crippen LogP contribution in [-0.4, -0.2) is 0 Å². The second-order valence-electron chi connectivity index (χ2n) is 6.44. The lowest BCUT2D eigenvalue weighted by atomic mass is 9.78. The number of aryl methyl sites for hydroxylation is 2. The van der Waals surface area contributed by atoms with Gasteiger partial charge in [-0.1, -0.05) is 79.6 Å². The lowest BCUT2D eigenvalue weighted by molar-refractivity contribution is 0.249. The normalized spacial score (nSPS) is 20.1. The summed E-state index contributed by atoms with van der Waals surface area (Å²) in [6.07, 6.45) is 8.08. The molecule has 0 aromatic heterocycles. The maximum atomic E-state index is 16.1. The molecule has 0 heterocycles. The number of hydrogen-bond acceptors (Lipinski definition) is 0. The zero-order chi connectivity index (χ0) is 17.2. The molecule has 2 aromatic rings. The van der Waals surface area contributed by atoms with Gasteiger partial charge in [-0.2, -0.15) is 0 Å². The Kier molecular flexibility index (Phi) is 4.91. The lowest BCUT2D eigenvalue weighted by Gasteiger charge is -2.31. The van der Waals surface area contributed by atoms with Crippen molar-refractivity contribution in [2.75, 3.05) is 0 Å². The van der Waals surface area contributed by atoms with Crippen LogP contribution in [0.4, 0.5) is 4.39 Å². The van der Waals surface area contributed by atoms with Gasteiger partial charge in [-0.05, 0) is 41.7 Å². The highest BCUT2D eigenvalue weighted by Crippen LogP contribution is 2.46. The summed E-state index contributed by atoms with van der Waals surface area (Å²) in [5, 5.41) is 0.598. The quantitative estimate of drug-likeness (QED) is 0.573. The molecule has 3 rings (SSSR count). The van der Waals surface area contributed by atoms with Crippen LogP contribution in [0.2, 0.25) is 5.02 Å². The van der Waals surface area contributed by atoms with E-state index in [-0.39, 0.29) is 0 Å². The highest BCUT2D eigenvalue weighted by molar-refractivity contribution is 6.32. The van der Waals surface area contributed by atoms with E-state index in [4.69, 9.17) is 11.6 Å². The molecule has 0 saturated heterocycles. The number of halogens is 2. The molecule has 1 aliphatic rings. The van der Waals surface area contributed by atoms with Gasteiger partial charge in [-0.25, -0.2) is 4.39 Å². The minimum absolute atomic E-state index is 0.330. The molecule has 0 saturated carbocycles. The zero-order valence-electron chi connectivity index (χ0n) is 14.2. The Balaban J connectivity index is 2.04. The van der Waals surface area contributed by atoms with E-state index in [2.05, 4.69) is 6.92 Å². The number of allylic oxidation sites excluding steroid dienone is 4. The second kappa shape index (κ2) is 6.94. The molecule has 2 aromatic carbocycles. The van der Waals surface area contributed by atoms with E-state index in [1.54, 1.807) is 0 Å². The topological polar surface area (TPSA) is 0 Å². The third kappa shape index (κ3) is 3.18. The fraction of sp³-hybridized carbons (Fsp3) is 0.273. The molecule has 0 aliphatic heterocycles. The third-order valence-electron chi connectivity index (χ3n) is 4.59. The minimum Gasteiger partial charge on any atom is -0.233 e. The molecule has 0 fully saturated rings. The van der Waals surface area contributed by atoms with E-state index in [0.717, 1.165) is 24.0 Å². The Labute approximate surface area is 148 Å². The molecule has 0 radical (unpaired) electrons. The van der Waals surface area contributed by atoms with Crippen molar-refractivity contribution in [2.24, 2.45) is 0 Å². The van der Waals surface area contributed by atoms with Crippen LogP contribution in [0.3, 0.4) is 0 Å². The summed E-state index contributed by atoms with van der Waals surface area (Å²) in [6, 6.07) is 13.7. The second-order valence-corrected chi connectivity index (χ2v) is 6.85. The van der Waals surface area contributed by atoms with Crippen molar-refractivity contribution in [3.8, 4) is 0 Å². The molecule has 0 nitrogen and oxygen atoms in total. The van der Waals surface area contributed by atoms with Gasteiger partial charge >= 0.3 is 0 Å². The molecule has 0 bridgehead atoms. The summed E-state index contributed by atoms with van der Waals surface area (Å²) in [7, 11) is 0. The van der Waals surface area contributed by atoms with Gasteiger partial charge in [-0.3, -0.25) is 0 Å². The van der Waals surface area contributed by atoms with E-state index in [1.807, 2.05) is 67.6 Å². The van der Waals surface area contributed by atoms with Gasteiger partial charge in [0.2, 0.25) is 0 Å². The highest BCUT2D eigenvalue weighted by atomic mass is 35.5. The van der Waals surface area contributed by atoms with Crippen molar-refractivity contribution in [3.63, 3.8) is 0 Å². The number of rotatable bonds is 4. The van der Waals surface area contributed by atoms with Gasteiger partial charge in [0.1, 0.15) is 0 Å². The van der Waals surface area contributed by atoms with Crippen LogP contribution in [0.15, 0.2) is 60.7 Å². The molecular formula is C22H22ClF. The fourth-order valence-corrected chi connectivity index (χ4v) is 3.61. The Morgan fingerprint density at radius 3 is 2.54 bits per heavy atom. The summed E-state index contributed by atoms with van der Waals surface area (Å²) in [4.78, 5) is 0. The van der Waals surface area contributed by atoms with Crippen LogP contribution in [0, 0.1) is 6.92 Å². The predicted molar refractivity (Wildman–Crippen MR) is 101 cm³/mol. The number of hydrogen-bond donors (Lipinski definition) is 0. The molecular weight excluding hydrogens is 319 g/mol. The number of alkyl halides is 1. The monoisotopic (exact) mass is 340 g/mol. The Morgan fingerprint density at radius 2 is 1.88 bits per heavy atom. The molecule has 0 amide bonds. The average molecular weight is 341 g/mol. The largest absolute Gasteiger partial charge is 0.233 e. The van der Waals surface area contributed by atoms with Gasteiger partial charge in [0, 0.05) is 17.0 Å². The van der Waals surface area contributed by atoms with Crippen LogP contribution in [0.1, 0.15) is 42.0 Å². The summed E-state index contributed by atoms with van der Waals surface area (Å²) in [6.45, 7) is 4.14. The van der Waals surface area contributed by atoms with Crippen molar-refractivity contribution >= 4 is 17.2 Å². The molecule has 2 heteroatoms. The van der Waals surface area contributed by atoms with Crippen molar-refractivity contribution in [1.29, 1.82) is 0 Å². The average Bonchev–Trinajstić information content (AvgIpc) is 2.57. The highest BCUT2D eigenvalue weighted by Gasteiger charge is 2.37. The van der Waals surface area contributed by atoms with E-state index in [0.29, 0.717) is 22.6 Å². The van der Waals surface area contributed by atoms with Crippen LogP contribution in [-0.2, 0) is 12.1 Å². The van der Waals surface area contributed by atoms with E-state index < -0.39 is 5.67 Å². The van der Waals surface area contributed by atoms with E-state index >= 15 is 4.39 Å². The standard InChI is InChI=1S/C22H22ClF/c1-3-6-17-9-11-18(12-10-17)22(24)14-5-4-7-20(22)19-13-8-16(2)15-21(19)23/h4-5,7-13,15H,3,6,14H2,1-2H3. The van der Waals surface area contributed by atoms with Gasteiger partial charge in [-0.15, -0.1) is 0 Å². The Morgan fingerprint density at radius 1 is 1.12 bits per heavy atom. The minimum atomic E-state index is -1.54. The maximum Gasteiger partial charge on any atom is 0.165 e. The summed E-state index contributed by atoms with van der Waals surface area (Å²) in [5.41, 5.74) is 2.87. The molecule has 0 spiro atoms. The van der Waals surface area contributed by atoms with E-state index in [9.17, 15) is 0 Å². The van der Waals surface area contributed by atoms with Gasteiger partial charge < -0.3 is 0 Å². The van der Waals surface area contributed by atoms with Crippen molar-refractivity contribution in [3.05, 3.63) is 88.0 Å². The smallest absolute Gasteiger partial charge is 0.165 e. The summed E-state index contributed by atoms with van der Waals surface area (Å²) >= 11 is 6.41. The Bertz CT molecular complexity index is 786. The molecule has 1 aliphatic carbocycles. The van der Waals surface area contributed by atoms with Crippen LogP contribution >= 0.6 is 11.6 Å². The molecule has 24 heavy (non-hydrogen) atoms. The maximum absolute atomic E-state index is 16.1. The molecule has 1 atom stereocenters. The van der Waals surface area contributed by atoms with Crippen LogP contribution in [0.25, 0.3) is 5.57 Å². The fourth-order valence-electron chi connectivity index (χ4n) is 3.28. The molecule has 1 unspecified atom stereocenters. The number of benzene rings is 2. The zero-order valence-corrected chi connectivity index (χ0v) is 14.9. The third-order valence-corrected chi connectivity index (χ3v) is 4.90. The van der Waals surface area contributed by atoms with Crippen LogP contribution < -0.4 is 0 Å². The lowest BCUT2D eigenvalue weighted by Crippen LogP contribution is -2.23. The molecule has 0 N–H and O–H groups in total. The van der Waals surface area contributed by atoms with Gasteiger partial charge in [0.25, 0.3) is 0 Å². The van der Waals surface area contributed by atoms with E-state index in [1.165, 1.54) is 5.56 Å². The predicted octanol–water partition coefficient (Wildman–Crippen LogP) is 6.81. The van der Waals surface area contributed by atoms with Crippen molar-refractivity contribution in [1.82, 2.24) is 0 Å². The van der Waals surface area contributed by atoms with Gasteiger partial charge in [0.15, 0.2) is 5.67 Å². The summed E-state index contributed by atoms with van der Waals surface area (Å²) < 4.78 is 16.1. The summed E-state index contributed by atoms with van der Waals surface area (Å²) in [5.74, 6) is 0. The SMILES string of the molecule is CCCc1ccc(C2(F)CC=CC=C2c2ccc(C)cc2Cl)cc1.